The second kappa shape index (κ2) is 10.9. The molecule has 0 amide bonds. The molecule has 6 nitrogen and oxygen atoms in total. The molecular weight excluding hydrogens is 365 g/mol. The highest BCUT2D eigenvalue weighted by Crippen LogP contribution is 2.31. The largest absolute Gasteiger partial charge is 0.493 e. The minimum atomic E-state index is -0.548. The average Bonchev–Trinajstić information content (AvgIpc) is 2.72. The maximum absolute atomic E-state index is 14.2. The van der Waals surface area contributed by atoms with Crippen LogP contribution in [-0.4, -0.2) is 41.3 Å². The summed E-state index contributed by atoms with van der Waals surface area (Å²) in [6.07, 6.45) is 1.59. The molecule has 2 rings (SSSR count). The molecule has 0 spiro atoms. The molecule has 0 atom stereocenters. The summed E-state index contributed by atoms with van der Waals surface area (Å²) < 4.78 is 39.9. The van der Waals surface area contributed by atoms with Crippen molar-refractivity contribution < 1.29 is 28.1 Å². The molecule has 2 aromatic rings. The van der Waals surface area contributed by atoms with E-state index in [-0.39, 0.29) is 12.5 Å². The van der Waals surface area contributed by atoms with Crippen LogP contribution in [0.2, 0.25) is 0 Å². The van der Waals surface area contributed by atoms with E-state index in [2.05, 4.69) is 6.07 Å². The SMILES string of the molecule is COCCOCOc1ccc(/C=C(\C#N)c2ccc(OC)c(OC)c2)cc1F. The topological polar surface area (TPSA) is 69.9 Å². The minimum absolute atomic E-state index is 0.0687. The number of methoxy groups -OCH3 is 3. The second-order valence-corrected chi connectivity index (χ2v) is 5.59. The maximum Gasteiger partial charge on any atom is 0.189 e. The van der Waals surface area contributed by atoms with Gasteiger partial charge in [0, 0.05) is 7.11 Å². The van der Waals surface area contributed by atoms with Crippen molar-refractivity contribution in [3.8, 4) is 23.3 Å². The Morgan fingerprint density at radius 3 is 2.39 bits per heavy atom. The Kier molecular flexibility index (Phi) is 8.28. The highest BCUT2D eigenvalue weighted by molar-refractivity contribution is 5.90. The standard InChI is InChI=1S/C21H22FNO5/c1-24-8-9-27-14-28-19-6-4-15(11-18(19)22)10-17(13-23)16-5-7-20(25-2)21(12-16)26-3/h4-7,10-12H,8-9,14H2,1-3H3/b17-10+. The third-order valence-corrected chi connectivity index (χ3v) is 3.81. The predicted molar refractivity (Wildman–Crippen MR) is 103 cm³/mol. The number of hydrogen-bond acceptors (Lipinski definition) is 6. The summed E-state index contributed by atoms with van der Waals surface area (Å²) >= 11 is 0. The van der Waals surface area contributed by atoms with Crippen LogP contribution in [0.5, 0.6) is 17.2 Å². The van der Waals surface area contributed by atoms with Crippen LogP contribution >= 0.6 is 0 Å². The van der Waals surface area contributed by atoms with Crippen LogP contribution in [0.4, 0.5) is 4.39 Å². The molecule has 0 radical (unpaired) electrons. The lowest BCUT2D eigenvalue weighted by Crippen LogP contribution is -2.08. The minimum Gasteiger partial charge on any atom is -0.493 e. The lowest BCUT2D eigenvalue weighted by Gasteiger charge is -2.10. The monoisotopic (exact) mass is 387 g/mol. The number of allylic oxidation sites excluding steroid dienone is 1. The zero-order valence-corrected chi connectivity index (χ0v) is 16.0. The molecule has 0 saturated carbocycles. The van der Waals surface area contributed by atoms with Crippen LogP contribution in [-0.2, 0) is 9.47 Å². The van der Waals surface area contributed by atoms with Crippen molar-refractivity contribution in [3.63, 3.8) is 0 Å². The number of nitrogens with zero attached hydrogens (tertiary/aromatic N) is 1. The van der Waals surface area contributed by atoms with E-state index in [1.54, 1.807) is 37.5 Å². The van der Waals surface area contributed by atoms with E-state index >= 15 is 0 Å². The Bertz CT molecular complexity index is 860. The zero-order chi connectivity index (χ0) is 20.4. The highest BCUT2D eigenvalue weighted by atomic mass is 19.1. The first-order chi connectivity index (χ1) is 13.6. The van der Waals surface area contributed by atoms with Gasteiger partial charge in [-0.05, 0) is 47.5 Å². The van der Waals surface area contributed by atoms with Crippen LogP contribution in [0.1, 0.15) is 11.1 Å². The summed E-state index contributed by atoms with van der Waals surface area (Å²) in [4.78, 5) is 0. The zero-order valence-electron chi connectivity index (χ0n) is 16.0. The Hall–Kier alpha value is -3.08. The van der Waals surface area contributed by atoms with E-state index in [4.69, 9.17) is 23.7 Å². The molecule has 0 N–H and O–H groups in total. The summed E-state index contributed by atoms with van der Waals surface area (Å²) in [7, 11) is 4.62. The van der Waals surface area contributed by atoms with Crippen LogP contribution in [0.25, 0.3) is 11.6 Å². The molecule has 0 fully saturated rings. The van der Waals surface area contributed by atoms with E-state index in [1.165, 1.54) is 26.4 Å². The van der Waals surface area contributed by atoms with Gasteiger partial charge in [-0.3, -0.25) is 0 Å². The average molecular weight is 387 g/mol. The van der Waals surface area contributed by atoms with Gasteiger partial charge in [0.2, 0.25) is 0 Å². The van der Waals surface area contributed by atoms with Gasteiger partial charge in [0.1, 0.15) is 0 Å². The van der Waals surface area contributed by atoms with Gasteiger partial charge in [-0.1, -0.05) is 6.07 Å². The molecule has 0 aliphatic rings. The van der Waals surface area contributed by atoms with Crippen molar-refractivity contribution in [3.05, 3.63) is 53.3 Å². The normalized spacial score (nSPS) is 11.0. The molecule has 0 unspecified atom stereocenters. The molecule has 0 aliphatic carbocycles. The van der Waals surface area contributed by atoms with E-state index in [0.717, 1.165) is 0 Å². The molecule has 0 bridgehead atoms. The summed E-state index contributed by atoms with van der Waals surface area (Å²) in [5.41, 5.74) is 1.51. The first kappa shape index (κ1) is 21.2. The first-order valence-electron chi connectivity index (χ1n) is 8.46. The summed E-state index contributed by atoms with van der Waals surface area (Å²) in [6.45, 7) is 0.711. The molecule has 0 heterocycles. The van der Waals surface area contributed by atoms with Gasteiger partial charge >= 0.3 is 0 Å². The third-order valence-electron chi connectivity index (χ3n) is 3.81. The fraction of sp³-hybridized carbons (Fsp3) is 0.286. The molecule has 0 aromatic heterocycles. The van der Waals surface area contributed by atoms with Gasteiger partial charge in [-0.15, -0.1) is 0 Å². The van der Waals surface area contributed by atoms with E-state index in [0.29, 0.717) is 41.4 Å². The first-order valence-corrected chi connectivity index (χ1v) is 8.46. The van der Waals surface area contributed by atoms with Gasteiger partial charge < -0.3 is 23.7 Å². The fourth-order valence-corrected chi connectivity index (χ4v) is 2.38. The lowest BCUT2D eigenvalue weighted by molar-refractivity contribution is -0.0100. The number of halogens is 1. The number of benzene rings is 2. The van der Waals surface area contributed by atoms with Crippen molar-refractivity contribution in [2.24, 2.45) is 0 Å². The Morgan fingerprint density at radius 2 is 1.75 bits per heavy atom. The lowest BCUT2D eigenvalue weighted by atomic mass is 10.0. The molecule has 28 heavy (non-hydrogen) atoms. The van der Waals surface area contributed by atoms with Crippen molar-refractivity contribution in [1.82, 2.24) is 0 Å². The van der Waals surface area contributed by atoms with E-state index < -0.39 is 5.82 Å². The van der Waals surface area contributed by atoms with Crippen LogP contribution in [0.3, 0.4) is 0 Å². The fourth-order valence-electron chi connectivity index (χ4n) is 2.38. The summed E-state index contributed by atoms with van der Waals surface area (Å²) in [5, 5.41) is 9.51. The molecule has 0 saturated heterocycles. The van der Waals surface area contributed by atoms with Gasteiger partial charge in [0.05, 0.1) is 39.1 Å². The van der Waals surface area contributed by atoms with Gasteiger partial charge in [0.15, 0.2) is 29.9 Å². The van der Waals surface area contributed by atoms with Crippen LogP contribution in [0.15, 0.2) is 36.4 Å². The molecular formula is C21H22FNO5. The number of rotatable bonds is 10. The quantitative estimate of drug-likeness (QED) is 0.266. The molecule has 2 aromatic carbocycles. The smallest absolute Gasteiger partial charge is 0.189 e. The molecule has 148 valence electrons. The summed E-state index contributed by atoms with van der Waals surface area (Å²) in [5.74, 6) is 0.584. The Labute approximate surface area is 163 Å². The van der Waals surface area contributed by atoms with Gasteiger partial charge in [-0.2, -0.15) is 5.26 Å². The second-order valence-electron chi connectivity index (χ2n) is 5.59. The van der Waals surface area contributed by atoms with Gasteiger partial charge in [0.25, 0.3) is 0 Å². The Morgan fingerprint density at radius 1 is 1.00 bits per heavy atom. The van der Waals surface area contributed by atoms with Crippen molar-refractivity contribution in [1.29, 1.82) is 5.26 Å². The number of hydrogen-bond donors (Lipinski definition) is 0. The number of nitriles is 1. The van der Waals surface area contributed by atoms with E-state index in [9.17, 15) is 9.65 Å². The van der Waals surface area contributed by atoms with E-state index in [1.807, 2.05) is 0 Å². The predicted octanol–water partition coefficient (Wildman–Crippen LogP) is 3.91. The maximum atomic E-state index is 14.2. The summed E-state index contributed by atoms with van der Waals surface area (Å²) in [6, 6.07) is 11.7. The third kappa shape index (κ3) is 5.71. The highest BCUT2D eigenvalue weighted by Gasteiger charge is 2.09. The van der Waals surface area contributed by atoms with Crippen molar-refractivity contribution in [2.75, 3.05) is 41.3 Å². The molecule has 7 heteroatoms. The van der Waals surface area contributed by atoms with Gasteiger partial charge in [-0.25, -0.2) is 4.39 Å². The van der Waals surface area contributed by atoms with Crippen molar-refractivity contribution >= 4 is 11.6 Å². The number of ether oxygens (including phenoxy) is 5. The van der Waals surface area contributed by atoms with Crippen molar-refractivity contribution in [2.45, 2.75) is 0 Å². The molecule has 0 aliphatic heterocycles. The van der Waals surface area contributed by atoms with Crippen LogP contribution < -0.4 is 14.2 Å². The van der Waals surface area contributed by atoms with Crippen LogP contribution in [0, 0.1) is 17.1 Å². The Balaban J connectivity index is 2.16.